The van der Waals surface area contributed by atoms with Gasteiger partial charge in [0.15, 0.2) is 0 Å². The van der Waals surface area contributed by atoms with Gasteiger partial charge in [-0.25, -0.2) is 19.9 Å². The third-order valence-corrected chi connectivity index (χ3v) is 4.59. The van der Waals surface area contributed by atoms with Gasteiger partial charge in [0, 0.05) is 50.6 Å². The van der Waals surface area contributed by atoms with Crippen molar-refractivity contribution in [1.82, 2.24) is 24.8 Å². The second-order valence-corrected chi connectivity index (χ2v) is 6.60. The van der Waals surface area contributed by atoms with Crippen LogP contribution in [-0.4, -0.2) is 49.9 Å². The van der Waals surface area contributed by atoms with Crippen LogP contribution in [-0.2, 0) is 11.3 Å². The van der Waals surface area contributed by atoms with Crippen LogP contribution >= 0.6 is 11.6 Å². The van der Waals surface area contributed by atoms with E-state index in [9.17, 15) is 4.79 Å². The van der Waals surface area contributed by atoms with E-state index in [2.05, 4.69) is 24.8 Å². The van der Waals surface area contributed by atoms with E-state index in [0.29, 0.717) is 17.5 Å². The molecule has 0 saturated carbocycles. The van der Waals surface area contributed by atoms with Crippen molar-refractivity contribution in [2.75, 3.05) is 18.0 Å². The van der Waals surface area contributed by atoms with Crippen LogP contribution in [0.4, 0.5) is 5.95 Å². The molecule has 1 fully saturated rings. The first-order valence-corrected chi connectivity index (χ1v) is 8.75. The van der Waals surface area contributed by atoms with Crippen LogP contribution in [0.25, 0.3) is 0 Å². The molecule has 1 amide bonds. The SMILES string of the molecule is CC(=O)N(Cc1cncnc1)C1CCCN(c2ncc(Cl)cn2)CC1. The largest absolute Gasteiger partial charge is 0.341 e. The van der Waals surface area contributed by atoms with Crippen molar-refractivity contribution in [3.8, 4) is 0 Å². The Balaban J connectivity index is 1.67. The van der Waals surface area contributed by atoms with Gasteiger partial charge in [0.1, 0.15) is 6.33 Å². The summed E-state index contributed by atoms with van der Waals surface area (Å²) in [6, 6.07) is 0.190. The Morgan fingerprint density at radius 2 is 1.92 bits per heavy atom. The number of carbonyl (C=O) groups is 1. The third kappa shape index (κ3) is 4.63. The minimum atomic E-state index is 0.0741. The van der Waals surface area contributed by atoms with Crippen LogP contribution in [0.2, 0.25) is 5.02 Å². The van der Waals surface area contributed by atoms with Crippen LogP contribution in [0, 0.1) is 0 Å². The van der Waals surface area contributed by atoms with E-state index in [1.165, 1.54) is 6.33 Å². The number of halogens is 1. The van der Waals surface area contributed by atoms with Gasteiger partial charge in [0.2, 0.25) is 11.9 Å². The molecule has 0 N–H and O–H groups in total. The molecule has 2 aromatic rings. The number of hydrogen-bond acceptors (Lipinski definition) is 6. The highest BCUT2D eigenvalue weighted by Crippen LogP contribution is 2.21. The molecule has 1 unspecified atom stereocenters. The fraction of sp³-hybridized carbons (Fsp3) is 0.471. The number of amides is 1. The summed E-state index contributed by atoms with van der Waals surface area (Å²) < 4.78 is 0. The highest BCUT2D eigenvalue weighted by molar-refractivity contribution is 6.30. The van der Waals surface area contributed by atoms with Crippen LogP contribution in [0.3, 0.4) is 0 Å². The third-order valence-electron chi connectivity index (χ3n) is 4.40. The zero-order valence-electron chi connectivity index (χ0n) is 14.2. The Labute approximate surface area is 152 Å². The second kappa shape index (κ2) is 8.20. The zero-order chi connectivity index (χ0) is 17.6. The number of carbonyl (C=O) groups excluding carboxylic acids is 1. The maximum absolute atomic E-state index is 12.2. The molecule has 0 aliphatic carbocycles. The van der Waals surface area contributed by atoms with Gasteiger partial charge in [-0.3, -0.25) is 4.79 Å². The minimum Gasteiger partial charge on any atom is -0.341 e. The van der Waals surface area contributed by atoms with Crippen LogP contribution < -0.4 is 4.90 Å². The number of nitrogens with zero attached hydrogens (tertiary/aromatic N) is 6. The van der Waals surface area contributed by atoms with Crippen molar-refractivity contribution < 1.29 is 4.79 Å². The molecule has 132 valence electrons. The predicted octanol–water partition coefficient (Wildman–Crippen LogP) is 2.33. The summed E-state index contributed by atoms with van der Waals surface area (Å²) in [5, 5.41) is 0.532. The van der Waals surface area contributed by atoms with Crippen molar-refractivity contribution in [3.63, 3.8) is 0 Å². The summed E-state index contributed by atoms with van der Waals surface area (Å²) in [5.74, 6) is 0.765. The lowest BCUT2D eigenvalue weighted by molar-refractivity contribution is -0.132. The molecular formula is C17H21ClN6O. The van der Waals surface area contributed by atoms with Gasteiger partial charge in [0.25, 0.3) is 0 Å². The van der Waals surface area contributed by atoms with E-state index in [1.54, 1.807) is 31.7 Å². The van der Waals surface area contributed by atoms with E-state index in [4.69, 9.17) is 11.6 Å². The number of aromatic nitrogens is 4. The zero-order valence-corrected chi connectivity index (χ0v) is 14.9. The lowest BCUT2D eigenvalue weighted by Gasteiger charge is -2.30. The average molecular weight is 361 g/mol. The van der Waals surface area contributed by atoms with E-state index in [1.807, 2.05) is 4.90 Å². The summed E-state index contributed by atoms with van der Waals surface area (Å²) >= 11 is 5.86. The van der Waals surface area contributed by atoms with Crippen molar-refractivity contribution in [3.05, 3.63) is 41.7 Å². The molecular weight excluding hydrogens is 340 g/mol. The summed E-state index contributed by atoms with van der Waals surface area (Å²) in [6.45, 7) is 3.84. The Morgan fingerprint density at radius 3 is 2.60 bits per heavy atom. The van der Waals surface area contributed by atoms with E-state index < -0.39 is 0 Å². The Hall–Kier alpha value is -2.28. The summed E-state index contributed by atoms with van der Waals surface area (Å²) in [5.41, 5.74) is 0.944. The van der Waals surface area contributed by atoms with Crippen molar-refractivity contribution in [2.45, 2.75) is 38.8 Å². The standard InChI is InChI=1S/C17H21ClN6O/c1-13(25)24(11-14-7-19-12-20-8-14)16-3-2-5-23(6-4-16)17-21-9-15(18)10-22-17/h7-10,12,16H,2-6,11H2,1H3. The maximum Gasteiger partial charge on any atom is 0.225 e. The van der Waals surface area contributed by atoms with Crippen LogP contribution in [0.15, 0.2) is 31.1 Å². The quantitative estimate of drug-likeness (QED) is 0.833. The molecule has 0 radical (unpaired) electrons. The molecule has 1 saturated heterocycles. The smallest absolute Gasteiger partial charge is 0.225 e. The molecule has 0 bridgehead atoms. The molecule has 3 rings (SSSR count). The van der Waals surface area contributed by atoms with Crippen molar-refractivity contribution >= 4 is 23.5 Å². The second-order valence-electron chi connectivity index (χ2n) is 6.17. The summed E-state index contributed by atoms with van der Waals surface area (Å²) in [7, 11) is 0. The van der Waals surface area contributed by atoms with E-state index in [0.717, 1.165) is 37.9 Å². The summed E-state index contributed by atoms with van der Waals surface area (Å²) in [4.78, 5) is 32.9. The molecule has 1 atom stereocenters. The first-order chi connectivity index (χ1) is 12.1. The number of anilines is 1. The fourth-order valence-corrected chi connectivity index (χ4v) is 3.26. The van der Waals surface area contributed by atoms with Gasteiger partial charge in [-0.2, -0.15) is 0 Å². The average Bonchev–Trinajstić information content (AvgIpc) is 2.87. The topological polar surface area (TPSA) is 75.1 Å². The molecule has 7 nitrogen and oxygen atoms in total. The van der Waals surface area contributed by atoms with Gasteiger partial charge in [-0.15, -0.1) is 0 Å². The first-order valence-electron chi connectivity index (χ1n) is 8.37. The molecule has 0 aromatic carbocycles. The normalized spacial score (nSPS) is 17.8. The lowest BCUT2D eigenvalue weighted by atomic mass is 10.1. The molecule has 0 spiro atoms. The van der Waals surface area contributed by atoms with Gasteiger partial charge >= 0.3 is 0 Å². The van der Waals surface area contributed by atoms with E-state index in [-0.39, 0.29) is 11.9 Å². The Morgan fingerprint density at radius 1 is 1.20 bits per heavy atom. The highest BCUT2D eigenvalue weighted by atomic mass is 35.5. The number of hydrogen-bond donors (Lipinski definition) is 0. The van der Waals surface area contributed by atoms with Gasteiger partial charge in [0.05, 0.1) is 17.4 Å². The fourth-order valence-electron chi connectivity index (χ4n) is 3.17. The summed E-state index contributed by atoms with van der Waals surface area (Å²) in [6.07, 6.45) is 11.0. The molecule has 8 heteroatoms. The van der Waals surface area contributed by atoms with Crippen LogP contribution in [0.5, 0.6) is 0 Å². The molecule has 25 heavy (non-hydrogen) atoms. The molecule has 2 aromatic heterocycles. The molecule has 1 aliphatic rings. The highest BCUT2D eigenvalue weighted by Gasteiger charge is 2.25. The van der Waals surface area contributed by atoms with E-state index >= 15 is 0 Å². The molecule has 1 aliphatic heterocycles. The van der Waals surface area contributed by atoms with Crippen LogP contribution in [0.1, 0.15) is 31.7 Å². The lowest BCUT2D eigenvalue weighted by Crippen LogP contribution is -2.39. The van der Waals surface area contributed by atoms with Gasteiger partial charge in [-0.05, 0) is 19.3 Å². The Kier molecular flexibility index (Phi) is 5.75. The first kappa shape index (κ1) is 17.5. The molecule has 3 heterocycles. The van der Waals surface area contributed by atoms with Gasteiger partial charge in [-0.1, -0.05) is 11.6 Å². The maximum atomic E-state index is 12.2. The van der Waals surface area contributed by atoms with Gasteiger partial charge < -0.3 is 9.80 Å². The van der Waals surface area contributed by atoms with Crippen molar-refractivity contribution in [2.24, 2.45) is 0 Å². The Bertz CT molecular complexity index is 696. The minimum absolute atomic E-state index is 0.0741. The monoisotopic (exact) mass is 360 g/mol. The predicted molar refractivity (Wildman–Crippen MR) is 95.2 cm³/mol. The van der Waals surface area contributed by atoms with Crippen molar-refractivity contribution in [1.29, 1.82) is 0 Å². The number of rotatable bonds is 4.